The summed E-state index contributed by atoms with van der Waals surface area (Å²) in [6.07, 6.45) is 1.55. The predicted octanol–water partition coefficient (Wildman–Crippen LogP) is 1.33. The average Bonchev–Trinajstić information content (AvgIpc) is 2.74. The van der Waals surface area contributed by atoms with Crippen LogP contribution in [0.15, 0.2) is 44.9 Å². The van der Waals surface area contributed by atoms with Crippen molar-refractivity contribution >= 4 is 28.7 Å². The van der Waals surface area contributed by atoms with E-state index in [4.69, 9.17) is 4.74 Å². The number of carbonyl (C=O) groups is 1. The Hall–Kier alpha value is -2.98. The number of ether oxygens (including phenoxy) is 1. The molecule has 0 spiro atoms. The lowest BCUT2D eigenvalue weighted by atomic mass is 10.2. The first kappa shape index (κ1) is 21.7. The molecule has 158 valence electrons. The predicted molar refractivity (Wildman–Crippen MR) is 112 cm³/mol. The maximum absolute atomic E-state index is 13.0. The molecule has 0 saturated heterocycles. The number of aryl methyl sites for hydroxylation is 1. The van der Waals surface area contributed by atoms with E-state index in [1.807, 2.05) is 0 Å². The Morgan fingerprint density at radius 3 is 2.57 bits per heavy atom. The average molecular weight is 432 g/mol. The largest absolute Gasteiger partial charge is 0.380 e. The van der Waals surface area contributed by atoms with Crippen LogP contribution in [-0.2, 0) is 36.8 Å². The number of nitrogens with zero attached hydrogens (tertiary/aromatic N) is 3. The highest BCUT2D eigenvalue weighted by atomic mass is 32.2. The summed E-state index contributed by atoms with van der Waals surface area (Å²) in [4.78, 5) is 42.1. The van der Waals surface area contributed by atoms with Crippen LogP contribution < -0.4 is 16.6 Å². The number of thioether (sulfide) groups is 1. The molecule has 0 fully saturated rings. The molecular formula is C20H21FN4O4S. The first-order chi connectivity index (χ1) is 14.3. The molecule has 2 aromatic heterocycles. The summed E-state index contributed by atoms with van der Waals surface area (Å²) in [6.45, 7) is 0.465. The van der Waals surface area contributed by atoms with Crippen molar-refractivity contribution in [3.8, 4) is 0 Å². The number of rotatable bonds is 7. The van der Waals surface area contributed by atoms with Crippen molar-refractivity contribution in [3.63, 3.8) is 0 Å². The minimum Gasteiger partial charge on any atom is -0.380 e. The Balaban J connectivity index is 1.87. The Labute approximate surface area is 175 Å². The summed E-state index contributed by atoms with van der Waals surface area (Å²) in [5.74, 6) is -0.547. The number of amides is 1. The smallest absolute Gasteiger partial charge is 0.332 e. The van der Waals surface area contributed by atoms with Crippen molar-refractivity contribution in [2.75, 3.05) is 12.9 Å². The first-order valence-electron chi connectivity index (χ1n) is 9.04. The van der Waals surface area contributed by atoms with Crippen LogP contribution >= 0.6 is 11.8 Å². The van der Waals surface area contributed by atoms with Crippen molar-refractivity contribution in [2.24, 2.45) is 14.1 Å². The Morgan fingerprint density at radius 1 is 1.20 bits per heavy atom. The fraction of sp³-hybridized carbons (Fsp3) is 0.300. The zero-order valence-electron chi connectivity index (χ0n) is 16.8. The van der Waals surface area contributed by atoms with Gasteiger partial charge in [0.2, 0.25) is 5.91 Å². The minimum absolute atomic E-state index is 0.0447. The van der Waals surface area contributed by atoms with E-state index in [0.717, 1.165) is 10.1 Å². The lowest BCUT2D eigenvalue weighted by Crippen LogP contribution is -2.37. The van der Waals surface area contributed by atoms with E-state index in [1.165, 1.54) is 49.7 Å². The maximum Gasteiger partial charge on any atom is 0.332 e. The van der Waals surface area contributed by atoms with Gasteiger partial charge in [-0.15, -0.1) is 11.8 Å². The Kier molecular flexibility index (Phi) is 6.68. The summed E-state index contributed by atoms with van der Waals surface area (Å²) in [6, 6.07) is 5.85. The van der Waals surface area contributed by atoms with Crippen molar-refractivity contribution in [1.29, 1.82) is 0 Å². The number of hydrogen-bond donors (Lipinski definition) is 1. The van der Waals surface area contributed by atoms with Crippen LogP contribution in [0.3, 0.4) is 0 Å². The zero-order chi connectivity index (χ0) is 21.8. The van der Waals surface area contributed by atoms with E-state index in [0.29, 0.717) is 10.5 Å². The number of pyridine rings is 1. The van der Waals surface area contributed by atoms with Gasteiger partial charge in [0.05, 0.1) is 17.7 Å². The summed E-state index contributed by atoms with van der Waals surface area (Å²) >= 11 is 1.18. The quantitative estimate of drug-likeness (QED) is 0.566. The van der Waals surface area contributed by atoms with E-state index in [9.17, 15) is 18.8 Å². The first-order valence-corrected chi connectivity index (χ1v) is 10.0. The zero-order valence-corrected chi connectivity index (χ0v) is 17.6. The van der Waals surface area contributed by atoms with Gasteiger partial charge in [0, 0.05) is 44.4 Å². The van der Waals surface area contributed by atoms with Gasteiger partial charge in [-0.2, -0.15) is 0 Å². The van der Waals surface area contributed by atoms with Gasteiger partial charge < -0.3 is 10.1 Å². The Morgan fingerprint density at radius 2 is 1.90 bits per heavy atom. The summed E-state index contributed by atoms with van der Waals surface area (Å²) < 4.78 is 20.5. The van der Waals surface area contributed by atoms with E-state index < -0.39 is 11.2 Å². The van der Waals surface area contributed by atoms with Gasteiger partial charge >= 0.3 is 5.69 Å². The van der Waals surface area contributed by atoms with E-state index >= 15 is 0 Å². The third-order valence-corrected chi connectivity index (χ3v) is 5.71. The van der Waals surface area contributed by atoms with Crippen molar-refractivity contribution < 1.29 is 13.9 Å². The molecule has 1 aromatic carbocycles. The lowest BCUT2D eigenvalue weighted by molar-refractivity contribution is -0.118. The summed E-state index contributed by atoms with van der Waals surface area (Å²) in [7, 11) is 4.46. The molecule has 0 aliphatic carbocycles. The monoisotopic (exact) mass is 432 g/mol. The van der Waals surface area contributed by atoms with Gasteiger partial charge in [0.15, 0.2) is 0 Å². The van der Waals surface area contributed by atoms with Crippen molar-refractivity contribution in [3.05, 3.63) is 68.2 Å². The number of methoxy groups -OCH3 is 1. The highest BCUT2D eigenvalue weighted by Gasteiger charge is 2.18. The highest BCUT2D eigenvalue weighted by Crippen LogP contribution is 2.28. The molecule has 0 aliphatic rings. The minimum atomic E-state index is -0.479. The molecule has 0 atom stereocenters. The summed E-state index contributed by atoms with van der Waals surface area (Å²) in [5, 5.41) is 3.04. The molecule has 0 aliphatic heterocycles. The fourth-order valence-electron chi connectivity index (χ4n) is 2.96. The lowest BCUT2D eigenvalue weighted by Gasteiger charge is -2.14. The van der Waals surface area contributed by atoms with E-state index in [1.54, 1.807) is 18.3 Å². The standard InChI is InChI=1S/C20H21FN4O4S/c1-24-18-16(19(27)25(2)20(24)28)17(13(9-23-18)10-29-3)30-11-15(26)22-8-12-4-6-14(21)7-5-12/h4-7,9H,8,10-11H2,1-3H3,(H,22,26). The molecule has 2 heterocycles. The van der Waals surface area contributed by atoms with Gasteiger partial charge in [0.1, 0.15) is 11.5 Å². The normalized spacial score (nSPS) is 11.1. The second kappa shape index (κ2) is 9.23. The molecule has 1 N–H and O–H groups in total. The van der Waals surface area contributed by atoms with Gasteiger partial charge in [-0.25, -0.2) is 14.2 Å². The fourth-order valence-corrected chi connectivity index (χ4v) is 3.95. The topological polar surface area (TPSA) is 95.2 Å². The maximum atomic E-state index is 13.0. The second-order valence-corrected chi connectivity index (χ2v) is 7.63. The van der Waals surface area contributed by atoms with Crippen LogP contribution in [0.4, 0.5) is 4.39 Å². The van der Waals surface area contributed by atoms with Crippen LogP contribution in [0.5, 0.6) is 0 Å². The van der Waals surface area contributed by atoms with Crippen molar-refractivity contribution in [2.45, 2.75) is 18.0 Å². The van der Waals surface area contributed by atoms with E-state index in [-0.39, 0.29) is 41.7 Å². The van der Waals surface area contributed by atoms with Gasteiger partial charge in [-0.3, -0.25) is 18.7 Å². The molecule has 3 rings (SSSR count). The molecule has 0 bridgehead atoms. The number of fused-ring (bicyclic) bond motifs is 1. The third kappa shape index (κ3) is 4.44. The molecule has 3 aromatic rings. The number of benzene rings is 1. The van der Waals surface area contributed by atoms with Crippen molar-refractivity contribution in [1.82, 2.24) is 19.4 Å². The molecule has 0 unspecified atom stereocenters. The Bertz CT molecular complexity index is 1200. The second-order valence-electron chi connectivity index (χ2n) is 6.64. The molecule has 0 radical (unpaired) electrons. The molecule has 30 heavy (non-hydrogen) atoms. The highest BCUT2D eigenvalue weighted by molar-refractivity contribution is 8.00. The van der Waals surface area contributed by atoms with Crippen LogP contribution in [-0.4, -0.2) is 32.9 Å². The van der Waals surface area contributed by atoms with Crippen LogP contribution in [0.25, 0.3) is 11.0 Å². The molecule has 8 nitrogen and oxygen atoms in total. The SMILES string of the molecule is COCc1cnc2c(c1SCC(=O)NCc1ccc(F)cc1)c(=O)n(C)c(=O)n2C. The molecule has 1 amide bonds. The number of hydrogen-bond acceptors (Lipinski definition) is 6. The van der Waals surface area contributed by atoms with E-state index in [2.05, 4.69) is 10.3 Å². The van der Waals surface area contributed by atoms with Gasteiger partial charge in [-0.1, -0.05) is 12.1 Å². The summed E-state index contributed by atoms with van der Waals surface area (Å²) in [5.41, 5.74) is 0.711. The molecule has 10 heteroatoms. The van der Waals surface area contributed by atoms with Gasteiger partial charge in [0.25, 0.3) is 5.56 Å². The molecular weight excluding hydrogens is 411 g/mol. The molecule has 0 saturated carbocycles. The van der Waals surface area contributed by atoms with Gasteiger partial charge in [-0.05, 0) is 17.7 Å². The number of halogens is 1. The number of aromatic nitrogens is 3. The number of nitrogens with one attached hydrogen (secondary N) is 1. The number of carbonyl (C=O) groups excluding carboxylic acids is 1. The van der Waals surface area contributed by atoms with Crippen LogP contribution in [0.1, 0.15) is 11.1 Å². The third-order valence-electron chi connectivity index (χ3n) is 4.55. The van der Waals surface area contributed by atoms with Crippen LogP contribution in [0, 0.1) is 5.82 Å². The van der Waals surface area contributed by atoms with Crippen LogP contribution in [0.2, 0.25) is 0 Å².